The summed E-state index contributed by atoms with van der Waals surface area (Å²) in [7, 11) is -3.52. The minimum atomic E-state index is -3.52. The summed E-state index contributed by atoms with van der Waals surface area (Å²) in [6, 6.07) is 4.90. The lowest BCUT2D eigenvalue weighted by atomic mass is 10.1. The van der Waals surface area contributed by atoms with Crippen molar-refractivity contribution in [3.05, 3.63) is 29.3 Å². The van der Waals surface area contributed by atoms with Crippen LogP contribution in [0.3, 0.4) is 0 Å². The Morgan fingerprint density at radius 2 is 1.88 bits per heavy atom. The molecule has 0 bridgehead atoms. The van der Waals surface area contributed by atoms with Crippen molar-refractivity contribution < 1.29 is 13.2 Å². The van der Waals surface area contributed by atoms with Crippen LogP contribution in [0.2, 0.25) is 0 Å². The molecular formula is C18H28N2O3S2. The van der Waals surface area contributed by atoms with Crippen molar-refractivity contribution in [3.63, 3.8) is 0 Å². The maximum Gasteiger partial charge on any atom is 0.251 e. The molecule has 1 aromatic carbocycles. The van der Waals surface area contributed by atoms with Crippen LogP contribution >= 0.6 is 11.8 Å². The topological polar surface area (TPSA) is 66.5 Å². The third-order valence-electron chi connectivity index (χ3n) is 4.06. The standard InChI is InChI=1S/C18H28N2O3S2/c1-14-7-8-15(17(21)19-9-12-24-18(2,3)4)13-16(14)25(22,23)20-10-5-6-11-20/h7-8,13H,5-6,9-12H2,1-4H3,(H,19,21). The zero-order valence-electron chi connectivity index (χ0n) is 15.5. The Kier molecular flexibility index (Phi) is 6.56. The third kappa shape index (κ3) is 5.46. The van der Waals surface area contributed by atoms with Gasteiger partial charge in [0.1, 0.15) is 0 Å². The number of benzene rings is 1. The van der Waals surface area contributed by atoms with Crippen LogP contribution in [0, 0.1) is 6.92 Å². The molecule has 25 heavy (non-hydrogen) atoms. The zero-order valence-corrected chi connectivity index (χ0v) is 17.1. The van der Waals surface area contributed by atoms with Gasteiger partial charge in [0, 0.05) is 35.7 Å². The number of carbonyl (C=O) groups is 1. The SMILES string of the molecule is Cc1ccc(C(=O)NCCSC(C)(C)C)cc1S(=O)(=O)N1CCCC1. The van der Waals surface area contributed by atoms with E-state index in [-0.39, 0.29) is 15.5 Å². The maximum atomic E-state index is 12.8. The average Bonchev–Trinajstić information content (AvgIpc) is 3.06. The number of nitrogens with zero attached hydrogens (tertiary/aromatic N) is 1. The number of carbonyl (C=O) groups excluding carboxylic acids is 1. The molecule has 7 heteroatoms. The molecule has 0 aliphatic carbocycles. The Morgan fingerprint density at radius 1 is 1.24 bits per heavy atom. The first-order chi connectivity index (χ1) is 11.6. The molecule has 1 aromatic rings. The molecular weight excluding hydrogens is 356 g/mol. The fourth-order valence-corrected chi connectivity index (χ4v) is 5.30. The van der Waals surface area contributed by atoms with Crippen LogP contribution < -0.4 is 5.32 Å². The van der Waals surface area contributed by atoms with Gasteiger partial charge < -0.3 is 5.32 Å². The summed E-state index contributed by atoms with van der Waals surface area (Å²) in [5, 5.41) is 2.87. The Bertz CT molecular complexity index is 718. The summed E-state index contributed by atoms with van der Waals surface area (Å²) in [6.45, 7) is 9.84. The van der Waals surface area contributed by atoms with Crippen LogP contribution in [-0.2, 0) is 10.0 Å². The molecule has 0 saturated carbocycles. The van der Waals surface area contributed by atoms with E-state index in [9.17, 15) is 13.2 Å². The van der Waals surface area contributed by atoms with Gasteiger partial charge in [0.05, 0.1) is 4.90 Å². The molecule has 0 spiro atoms. The van der Waals surface area contributed by atoms with Crippen LogP contribution in [0.5, 0.6) is 0 Å². The van der Waals surface area contributed by atoms with E-state index in [1.807, 2.05) is 0 Å². The molecule has 0 atom stereocenters. The molecule has 1 fully saturated rings. The highest BCUT2D eigenvalue weighted by Gasteiger charge is 2.29. The van der Waals surface area contributed by atoms with Crippen LogP contribution in [-0.4, -0.2) is 48.8 Å². The molecule has 1 N–H and O–H groups in total. The van der Waals surface area contributed by atoms with Crippen LogP contribution in [0.1, 0.15) is 49.5 Å². The lowest BCUT2D eigenvalue weighted by molar-refractivity contribution is 0.0956. The molecule has 5 nitrogen and oxygen atoms in total. The number of hydrogen-bond acceptors (Lipinski definition) is 4. The molecule has 1 aliphatic rings. The van der Waals surface area contributed by atoms with Crippen LogP contribution in [0.4, 0.5) is 0 Å². The quantitative estimate of drug-likeness (QED) is 0.766. The molecule has 1 saturated heterocycles. The predicted octanol–water partition coefficient (Wildman–Crippen LogP) is 3.04. The number of hydrogen-bond donors (Lipinski definition) is 1. The first-order valence-corrected chi connectivity index (χ1v) is 11.1. The van der Waals surface area contributed by atoms with E-state index in [1.54, 1.807) is 30.8 Å². The maximum absolute atomic E-state index is 12.8. The minimum absolute atomic E-state index is 0.158. The van der Waals surface area contributed by atoms with Gasteiger partial charge in [-0.05, 0) is 37.5 Å². The van der Waals surface area contributed by atoms with Crippen molar-refractivity contribution in [2.75, 3.05) is 25.4 Å². The van der Waals surface area contributed by atoms with E-state index in [4.69, 9.17) is 0 Å². The smallest absolute Gasteiger partial charge is 0.251 e. The van der Waals surface area contributed by atoms with E-state index in [1.165, 1.54) is 10.4 Å². The fourth-order valence-electron chi connectivity index (χ4n) is 2.71. The van der Waals surface area contributed by atoms with E-state index in [0.717, 1.165) is 18.6 Å². The monoisotopic (exact) mass is 384 g/mol. The number of thioether (sulfide) groups is 1. The molecule has 0 unspecified atom stereocenters. The Hall–Kier alpha value is -1.05. The van der Waals surface area contributed by atoms with Gasteiger partial charge in [-0.25, -0.2) is 8.42 Å². The number of amides is 1. The molecule has 0 aromatic heterocycles. The second kappa shape index (κ2) is 8.10. The van der Waals surface area contributed by atoms with Gasteiger partial charge in [-0.2, -0.15) is 16.1 Å². The average molecular weight is 385 g/mol. The summed E-state index contributed by atoms with van der Waals surface area (Å²) >= 11 is 1.78. The summed E-state index contributed by atoms with van der Waals surface area (Å²) < 4.78 is 27.3. The molecule has 1 aliphatic heterocycles. The van der Waals surface area contributed by atoms with E-state index in [0.29, 0.717) is 30.8 Å². The summed E-state index contributed by atoms with van der Waals surface area (Å²) in [5.74, 6) is 0.590. The minimum Gasteiger partial charge on any atom is -0.351 e. The number of sulfonamides is 1. The highest BCUT2D eigenvalue weighted by atomic mass is 32.2. The van der Waals surface area contributed by atoms with Gasteiger partial charge in [-0.15, -0.1) is 0 Å². The van der Waals surface area contributed by atoms with Gasteiger partial charge in [0.25, 0.3) is 5.91 Å². The first-order valence-electron chi connectivity index (χ1n) is 8.64. The van der Waals surface area contributed by atoms with E-state index < -0.39 is 10.0 Å². The highest BCUT2D eigenvalue weighted by molar-refractivity contribution is 8.00. The predicted molar refractivity (Wildman–Crippen MR) is 104 cm³/mol. The number of aryl methyl sites for hydroxylation is 1. The largest absolute Gasteiger partial charge is 0.351 e. The molecule has 0 radical (unpaired) electrons. The van der Waals surface area contributed by atoms with Gasteiger partial charge in [-0.3, -0.25) is 4.79 Å². The molecule has 1 heterocycles. The molecule has 140 valence electrons. The van der Waals surface area contributed by atoms with Gasteiger partial charge in [0.15, 0.2) is 0 Å². The van der Waals surface area contributed by atoms with E-state index >= 15 is 0 Å². The summed E-state index contributed by atoms with van der Waals surface area (Å²) in [6.07, 6.45) is 1.79. The highest BCUT2D eigenvalue weighted by Crippen LogP contribution is 2.25. The van der Waals surface area contributed by atoms with Crippen LogP contribution in [0.25, 0.3) is 0 Å². The number of rotatable bonds is 6. The second-order valence-corrected chi connectivity index (χ2v) is 11.1. The van der Waals surface area contributed by atoms with Gasteiger partial charge in [-0.1, -0.05) is 26.8 Å². The Labute approximate surface area is 155 Å². The summed E-state index contributed by atoms with van der Waals surface area (Å²) in [5.41, 5.74) is 1.07. The van der Waals surface area contributed by atoms with Crippen LogP contribution in [0.15, 0.2) is 23.1 Å². The lowest BCUT2D eigenvalue weighted by Gasteiger charge is -2.18. The van der Waals surface area contributed by atoms with Crippen molar-refractivity contribution in [3.8, 4) is 0 Å². The normalized spacial score (nSPS) is 16.2. The van der Waals surface area contributed by atoms with E-state index in [2.05, 4.69) is 26.1 Å². The van der Waals surface area contributed by atoms with Crippen molar-refractivity contribution in [2.45, 2.75) is 50.2 Å². The number of nitrogens with one attached hydrogen (secondary N) is 1. The Morgan fingerprint density at radius 3 is 2.48 bits per heavy atom. The summed E-state index contributed by atoms with van der Waals surface area (Å²) in [4.78, 5) is 12.6. The van der Waals surface area contributed by atoms with Gasteiger partial charge in [0.2, 0.25) is 10.0 Å². The van der Waals surface area contributed by atoms with Crippen molar-refractivity contribution in [1.82, 2.24) is 9.62 Å². The van der Waals surface area contributed by atoms with Crippen molar-refractivity contribution in [1.29, 1.82) is 0 Å². The van der Waals surface area contributed by atoms with Crippen molar-refractivity contribution >= 4 is 27.7 Å². The van der Waals surface area contributed by atoms with Gasteiger partial charge >= 0.3 is 0 Å². The second-order valence-electron chi connectivity index (χ2n) is 7.31. The van der Waals surface area contributed by atoms with Crippen molar-refractivity contribution in [2.24, 2.45) is 0 Å². The molecule has 2 rings (SSSR count). The molecule has 1 amide bonds. The zero-order chi connectivity index (χ0) is 18.7. The third-order valence-corrected chi connectivity index (χ3v) is 7.37. The lowest BCUT2D eigenvalue weighted by Crippen LogP contribution is -2.30. The fraction of sp³-hybridized carbons (Fsp3) is 0.611. The first kappa shape index (κ1) is 20.3. The Balaban J connectivity index is 2.09.